The van der Waals surface area contributed by atoms with Crippen molar-refractivity contribution >= 4 is 11.6 Å². The van der Waals surface area contributed by atoms with Gasteiger partial charge in [0.05, 0.1) is 6.61 Å². The van der Waals surface area contributed by atoms with E-state index < -0.39 is 5.82 Å². The van der Waals surface area contributed by atoms with E-state index in [9.17, 15) is 9.18 Å². The molecule has 1 aliphatic rings. The summed E-state index contributed by atoms with van der Waals surface area (Å²) in [5.74, 6) is -0.441. The van der Waals surface area contributed by atoms with E-state index in [0.717, 1.165) is 13.0 Å². The first-order valence-electron chi connectivity index (χ1n) is 6.43. The molecule has 1 amide bonds. The number of halogens is 1. The monoisotopic (exact) mass is 266 g/mol. The zero-order chi connectivity index (χ0) is 14.0. The maximum absolute atomic E-state index is 13.6. The number of hydrogen-bond acceptors (Lipinski definition) is 3. The first kappa shape index (κ1) is 13.8. The lowest BCUT2D eigenvalue weighted by Gasteiger charge is -2.19. The van der Waals surface area contributed by atoms with Crippen LogP contribution < -0.4 is 11.1 Å². The number of ether oxygens (including phenoxy) is 1. The van der Waals surface area contributed by atoms with Crippen LogP contribution in [0.1, 0.15) is 29.3 Å². The summed E-state index contributed by atoms with van der Waals surface area (Å²) in [6.45, 7) is 4.92. The van der Waals surface area contributed by atoms with Crippen LogP contribution in [0, 0.1) is 18.7 Å². The minimum Gasteiger partial charge on any atom is -0.398 e. The molecule has 0 radical (unpaired) electrons. The molecular weight excluding hydrogens is 247 g/mol. The van der Waals surface area contributed by atoms with Gasteiger partial charge in [0.15, 0.2) is 0 Å². The zero-order valence-electron chi connectivity index (χ0n) is 11.2. The fraction of sp³-hybridized carbons (Fsp3) is 0.500. The lowest BCUT2D eigenvalue weighted by Crippen LogP contribution is -2.38. The summed E-state index contributed by atoms with van der Waals surface area (Å²) in [5, 5.41) is 2.87. The average molecular weight is 266 g/mol. The van der Waals surface area contributed by atoms with Gasteiger partial charge in [0.1, 0.15) is 5.82 Å². The Labute approximate surface area is 112 Å². The summed E-state index contributed by atoms with van der Waals surface area (Å²) in [7, 11) is 0. The van der Waals surface area contributed by atoms with E-state index in [4.69, 9.17) is 10.5 Å². The van der Waals surface area contributed by atoms with Crippen LogP contribution in [-0.2, 0) is 4.74 Å². The van der Waals surface area contributed by atoms with Crippen LogP contribution in [0.25, 0.3) is 0 Å². The molecular formula is C14H19FN2O2. The summed E-state index contributed by atoms with van der Waals surface area (Å²) in [4.78, 5) is 12.1. The van der Waals surface area contributed by atoms with Gasteiger partial charge in [0, 0.05) is 35.4 Å². The number of hydrogen-bond donors (Lipinski definition) is 2. The third kappa shape index (κ3) is 3.04. The van der Waals surface area contributed by atoms with Gasteiger partial charge in [-0.1, -0.05) is 0 Å². The van der Waals surface area contributed by atoms with Gasteiger partial charge >= 0.3 is 0 Å². The molecule has 1 heterocycles. The highest BCUT2D eigenvalue weighted by atomic mass is 19.1. The second-order valence-corrected chi connectivity index (χ2v) is 5.06. The van der Waals surface area contributed by atoms with Crippen molar-refractivity contribution in [2.75, 3.05) is 18.9 Å². The molecule has 1 aliphatic heterocycles. The number of anilines is 1. The van der Waals surface area contributed by atoms with Gasteiger partial charge in [-0.2, -0.15) is 0 Å². The molecule has 0 aromatic heterocycles. The van der Waals surface area contributed by atoms with E-state index in [1.807, 2.05) is 6.92 Å². The van der Waals surface area contributed by atoms with Crippen molar-refractivity contribution in [2.45, 2.75) is 26.3 Å². The Kier molecular flexibility index (Phi) is 4.04. The molecule has 2 atom stereocenters. The minimum absolute atomic E-state index is 0.000545. The Morgan fingerprint density at radius 2 is 2.32 bits per heavy atom. The third-order valence-corrected chi connectivity index (χ3v) is 3.68. The fourth-order valence-corrected chi connectivity index (χ4v) is 2.19. The van der Waals surface area contributed by atoms with Crippen molar-refractivity contribution in [1.29, 1.82) is 0 Å². The van der Waals surface area contributed by atoms with Crippen LogP contribution >= 0.6 is 0 Å². The number of nitrogens with one attached hydrogen (secondary N) is 1. The van der Waals surface area contributed by atoms with E-state index in [1.54, 1.807) is 6.92 Å². The number of benzene rings is 1. The van der Waals surface area contributed by atoms with Gasteiger partial charge in [-0.25, -0.2) is 4.39 Å². The molecule has 4 nitrogen and oxygen atoms in total. The van der Waals surface area contributed by atoms with Gasteiger partial charge < -0.3 is 15.8 Å². The van der Waals surface area contributed by atoms with Crippen LogP contribution in [0.15, 0.2) is 12.1 Å². The number of rotatable bonds is 3. The molecule has 1 aromatic rings. The lowest BCUT2D eigenvalue weighted by atomic mass is 10.00. The molecule has 2 rings (SSSR count). The van der Waals surface area contributed by atoms with E-state index in [0.29, 0.717) is 23.8 Å². The number of amides is 1. The highest BCUT2D eigenvalue weighted by molar-refractivity contribution is 5.95. The predicted molar refractivity (Wildman–Crippen MR) is 71.4 cm³/mol. The standard InChI is InChI=1S/C14H19FN2O2/c1-8-12(15)5-11(6-13(8)16)14(18)17-9(2)10-3-4-19-7-10/h5-6,9-10H,3-4,7,16H2,1-2H3,(H,17,18). The SMILES string of the molecule is Cc1c(N)cc(C(=O)NC(C)C2CCOC2)cc1F. The average Bonchev–Trinajstić information content (AvgIpc) is 2.89. The lowest BCUT2D eigenvalue weighted by molar-refractivity contribution is 0.0921. The van der Waals surface area contributed by atoms with E-state index in [2.05, 4.69) is 5.32 Å². The van der Waals surface area contributed by atoms with Crippen molar-refractivity contribution in [3.8, 4) is 0 Å². The largest absolute Gasteiger partial charge is 0.398 e. The molecule has 19 heavy (non-hydrogen) atoms. The molecule has 3 N–H and O–H groups in total. The number of nitrogen functional groups attached to an aromatic ring is 1. The van der Waals surface area contributed by atoms with E-state index >= 15 is 0 Å². The number of nitrogens with two attached hydrogens (primary N) is 1. The molecule has 2 unspecified atom stereocenters. The van der Waals surface area contributed by atoms with Crippen molar-refractivity contribution in [3.05, 3.63) is 29.1 Å². The minimum atomic E-state index is -0.456. The Hall–Kier alpha value is -1.62. The summed E-state index contributed by atoms with van der Waals surface area (Å²) in [6.07, 6.45) is 0.936. The summed E-state index contributed by atoms with van der Waals surface area (Å²) >= 11 is 0. The van der Waals surface area contributed by atoms with Gasteiger partial charge in [-0.3, -0.25) is 4.79 Å². The zero-order valence-corrected chi connectivity index (χ0v) is 11.2. The second-order valence-electron chi connectivity index (χ2n) is 5.06. The van der Waals surface area contributed by atoms with Crippen molar-refractivity contribution in [1.82, 2.24) is 5.32 Å². The van der Waals surface area contributed by atoms with Crippen LogP contribution in [0.5, 0.6) is 0 Å². The second kappa shape index (κ2) is 5.57. The molecule has 104 valence electrons. The van der Waals surface area contributed by atoms with Gasteiger partial charge in [0.25, 0.3) is 5.91 Å². The normalized spacial score (nSPS) is 20.3. The molecule has 0 spiro atoms. The molecule has 1 aromatic carbocycles. The highest BCUT2D eigenvalue weighted by Gasteiger charge is 2.24. The Bertz CT molecular complexity index is 461. The summed E-state index contributed by atoms with van der Waals surface area (Å²) in [6, 6.07) is 2.73. The maximum atomic E-state index is 13.6. The molecule has 5 heteroatoms. The smallest absolute Gasteiger partial charge is 0.251 e. The maximum Gasteiger partial charge on any atom is 0.251 e. The van der Waals surface area contributed by atoms with Crippen molar-refractivity contribution in [3.63, 3.8) is 0 Å². The first-order valence-corrected chi connectivity index (χ1v) is 6.43. The predicted octanol–water partition coefficient (Wildman–Crippen LogP) is 1.87. The van der Waals surface area contributed by atoms with Crippen molar-refractivity contribution in [2.24, 2.45) is 5.92 Å². The molecule has 0 saturated carbocycles. The first-order chi connectivity index (χ1) is 8.99. The highest BCUT2D eigenvalue weighted by Crippen LogP contribution is 2.19. The number of carbonyl (C=O) groups excluding carboxylic acids is 1. The Morgan fingerprint density at radius 1 is 1.58 bits per heavy atom. The molecule has 0 aliphatic carbocycles. The van der Waals surface area contributed by atoms with Crippen LogP contribution in [0.4, 0.5) is 10.1 Å². The quantitative estimate of drug-likeness (QED) is 0.821. The van der Waals surface area contributed by atoms with E-state index in [-0.39, 0.29) is 17.5 Å². The molecule has 1 fully saturated rings. The molecule has 0 bridgehead atoms. The van der Waals surface area contributed by atoms with Crippen LogP contribution in [0.2, 0.25) is 0 Å². The Morgan fingerprint density at radius 3 is 2.89 bits per heavy atom. The Balaban J connectivity index is 2.07. The summed E-state index contributed by atoms with van der Waals surface area (Å²) < 4.78 is 18.8. The van der Waals surface area contributed by atoms with Crippen molar-refractivity contribution < 1.29 is 13.9 Å². The van der Waals surface area contributed by atoms with Crippen LogP contribution in [-0.4, -0.2) is 25.2 Å². The molecule has 1 saturated heterocycles. The summed E-state index contributed by atoms with van der Waals surface area (Å²) in [5.41, 5.74) is 6.59. The topological polar surface area (TPSA) is 64.4 Å². The van der Waals surface area contributed by atoms with Gasteiger partial charge in [-0.05, 0) is 32.4 Å². The van der Waals surface area contributed by atoms with Gasteiger partial charge in [0.2, 0.25) is 0 Å². The van der Waals surface area contributed by atoms with Gasteiger partial charge in [-0.15, -0.1) is 0 Å². The fourth-order valence-electron chi connectivity index (χ4n) is 2.19. The third-order valence-electron chi connectivity index (χ3n) is 3.68. The number of carbonyl (C=O) groups is 1. The van der Waals surface area contributed by atoms with E-state index in [1.165, 1.54) is 12.1 Å². The van der Waals surface area contributed by atoms with Crippen LogP contribution in [0.3, 0.4) is 0 Å².